The van der Waals surface area contributed by atoms with E-state index in [-0.39, 0.29) is 5.91 Å². The second-order valence-electron chi connectivity index (χ2n) is 7.68. The lowest BCUT2D eigenvalue weighted by Crippen LogP contribution is -2.36. The third kappa shape index (κ3) is 4.90. The van der Waals surface area contributed by atoms with Gasteiger partial charge in [-0.2, -0.15) is 0 Å². The fourth-order valence-corrected chi connectivity index (χ4v) is 4.77. The van der Waals surface area contributed by atoms with Crippen LogP contribution in [0.1, 0.15) is 54.9 Å². The molecular formula is C23H27NO5S. The number of rotatable bonds is 7. The number of hydrogen-bond acceptors (Lipinski definition) is 5. The standard InChI is InChI=1S/C23H27NO5S/c1-3-12-29-23(28)19-18(15-10-8-14(2)9-11-15)13-30-21(19)24-20(25)16-6-4-5-7-17(16)22(26)27/h8-11,13,16-17H,3-7,12H2,1-2H3,(H,24,25)(H,26,27). The second kappa shape index (κ2) is 9.89. The summed E-state index contributed by atoms with van der Waals surface area (Å²) in [7, 11) is 0. The first-order valence-corrected chi connectivity index (χ1v) is 11.2. The maximum atomic E-state index is 12.9. The molecule has 1 saturated carbocycles. The highest BCUT2D eigenvalue weighted by Gasteiger charge is 2.36. The summed E-state index contributed by atoms with van der Waals surface area (Å²) in [6.45, 7) is 4.20. The van der Waals surface area contributed by atoms with Gasteiger partial charge in [0.25, 0.3) is 0 Å². The van der Waals surface area contributed by atoms with Crippen molar-refractivity contribution in [2.24, 2.45) is 11.8 Å². The van der Waals surface area contributed by atoms with Gasteiger partial charge in [0.1, 0.15) is 10.6 Å². The van der Waals surface area contributed by atoms with E-state index in [9.17, 15) is 19.5 Å². The summed E-state index contributed by atoms with van der Waals surface area (Å²) in [5.41, 5.74) is 3.00. The van der Waals surface area contributed by atoms with E-state index >= 15 is 0 Å². The van der Waals surface area contributed by atoms with Crippen LogP contribution < -0.4 is 5.32 Å². The predicted molar refractivity (Wildman–Crippen MR) is 117 cm³/mol. The maximum absolute atomic E-state index is 12.9. The molecule has 3 rings (SSSR count). The molecule has 2 N–H and O–H groups in total. The third-order valence-electron chi connectivity index (χ3n) is 5.45. The number of benzene rings is 1. The van der Waals surface area contributed by atoms with Crippen LogP contribution in [-0.4, -0.2) is 29.6 Å². The van der Waals surface area contributed by atoms with Crippen molar-refractivity contribution in [3.05, 3.63) is 40.8 Å². The number of hydrogen-bond donors (Lipinski definition) is 2. The van der Waals surface area contributed by atoms with E-state index in [1.807, 2.05) is 43.5 Å². The molecule has 1 fully saturated rings. The van der Waals surface area contributed by atoms with Crippen LogP contribution in [0.4, 0.5) is 5.00 Å². The van der Waals surface area contributed by atoms with Crippen LogP contribution in [0.2, 0.25) is 0 Å². The lowest BCUT2D eigenvalue weighted by molar-refractivity contribution is -0.147. The highest BCUT2D eigenvalue weighted by molar-refractivity contribution is 7.15. The Balaban J connectivity index is 1.91. The SMILES string of the molecule is CCCOC(=O)c1c(-c2ccc(C)cc2)csc1NC(=O)C1CCCCC1C(=O)O. The number of thiophene rings is 1. The van der Waals surface area contributed by atoms with Crippen molar-refractivity contribution in [2.45, 2.75) is 46.0 Å². The summed E-state index contributed by atoms with van der Waals surface area (Å²) in [4.78, 5) is 37.3. The summed E-state index contributed by atoms with van der Waals surface area (Å²) in [6.07, 6.45) is 3.37. The van der Waals surface area contributed by atoms with Crippen molar-refractivity contribution in [3.8, 4) is 11.1 Å². The van der Waals surface area contributed by atoms with Gasteiger partial charge in [0, 0.05) is 10.9 Å². The van der Waals surface area contributed by atoms with Gasteiger partial charge in [-0.3, -0.25) is 9.59 Å². The number of carboxylic acids is 1. The molecule has 2 aromatic rings. The fraction of sp³-hybridized carbons (Fsp3) is 0.435. The largest absolute Gasteiger partial charge is 0.481 e. The Morgan fingerprint density at radius 1 is 1.13 bits per heavy atom. The molecule has 2 atom stereocenters. The topological polar surface area (TPSA) is 92.7 Å². The van der Waals surface area contributed by atoms with Crippen LogP contribution in [0.3, 0.4) is 0 Å². The van der Waals surface area contributed by atoms with E-state index in [0.717, 1.165) is 24.0 Å². The molecule has 0 radical (unpaired) electrons. The molecule has 160 valence electrons. The number of ether oxygens (including phenoxy) is 1. The molecule has 0 bridgehead atoms. The summed E-state index contributed by atoms with van der Waals surface area (Å²) < 4.78 is 5.37. The predicted octanol–water partition coefficient (Wildman–Crippen LogP) is 5.12. The van der Waals surface area contributed by atoms with Gasteiger partial charge in [-0.25, -0.2) is 4.79 Å². The number of amides is 1. The number of aliphatic carboxylic acids is 1. The lowest BCUT2D eigenvalue weighted by Gasteiger charge is -2.27. The number of carbonyl (C=O) groups excluding carboxylic acids is 2. The number of esters is 1. The average molecular weight is 430 g/mol. The molecule has 1 aromatic carbocycles. The number of nitrogens with one attached hydrogen (secondary N) is 1. The Bertz CT molecular complexity index is 918. The van der Waals surface area contributed by atoms with E-state index in [0.29, 0.717) is 42.0 Å². The summed E-state index contributed by atoms with van der Waals surface area (Å²) in [6, 6.07) is 7.79. The monoisotopic (exact) mass is 429 g/mol. The summed E-state index contributed by atoms with van der Waals surface area (Å²) in [5, 5.41) is 14.6. The van der Waals surface area contributed by atoms with Gasteiger partial charge < -0.3 is 15.2 Å². The minimum Gasteiger partial charge on any atom is -0.481 e. The molecule has 1 amide bonds. The van der Waals surface area contributed by atoms with Crippen LogP contribution in [0.5, 0.6) is 0 Å². The molecule has 2 unspecified atom stereocenters. The van der Waals surface area contributed by atoms with Crippen molar-refractivity contribution in [1.82, 2.24) is 0 Å². The van der Waals surface area contributed by atoms with Crippen LogP contribution in [0, 0.1) is 18.8 Å². The number of carbonyl (C=O) groups is 3. The van der Waals surface area contributed by atoms with E-state index < -0.39 is 23.8 Å². The number of anilines is 1. The molecule has 0 aliphatic heterocycles. The van der Waals surface area contributed by atoms with E-state index in [2.05, 4.69) is 5.32 Å². The van der Waals surface area contributed by atoms with Gasteiger partial charge in [0.15, 0.2) is 0 Å². The van der Waals surface area contributed by atoms with Crippen molar-refractivity contribution in [2.75, 3.05) is 11.9 Å². The lowest BCUT2D eigenvalue weighted by atomic mass is 9.79. The Morgan fingerprint density at radius 3 is 2.43 bits per heavy atom. The van der Waals surface area contributed by atoms with E-state index in [1.54, 1.807) is 0 Å². The molecule has 6 nitrogen and oxygen atoms in total. The number of aryl methyl sites for hydroxylation is 1. The van der Waals surface area contributed by atoms with Crippen LogP contribution >= 0.6 is 11.3 Å². The maximum Gasteiger partial charge on any atom is 0.341 e. The zero-order valence-corrected chi connectivity index (χ0v) is 18.1. The third-order valence-corrected chi connectivity index (χ3v) is 6.35. The molecular weight excluding hydrogens is 402 g/mol. The first-order chi connectivity index (χ1) is 14.4. The normalized spacial score (nSPS) is 18.6. The van der Waals surface area contributed by atoms with Gasteiger partial charge in [-0.1, -0.05) is 49.6 Å². The molecule has 30 heavy (non-hydrogen) atoms. The molecule has 1 aliphatic rings. The van der Waals surface area contributed by atoms with Gasteiger partial charge >= 0.3 is 11.9 Å². The van der Waals surface area contributed by atoms with E-state index in [4.69, 9.17) is 4.74 Å². The zero-order chi connectivity index (χ0) is 21.7. The van der Waals surface area contributed by atoms with Crippen LogP contribution in [0.15, 0.2) is 29.6 Å². The van der Waals surface area contributed by atoms with E-state index in [1.165, 1.54) is 11.3 Å². The highest BCUT2D eigenvalue weighted by Crippen LogP contribution is 2.38. The van der Waals surface area contributed by atoms with Crippen molar-refractivity contribution >= 4 is 34.2 Å². The first kappa shape index (κ1) is 22.0. The van der Waals surface area contributed by atoms with Gasteiger partial charge in [0.05, 0.1) is 18.4 Å². The Morgan fingerprint density at radius 2 is 1.80 bits per heavy atom. The molecule has 7 heteroatoms. The van der Waals surface area contributed by atoms with Gasteiger partial charge in [0.2, 0.25) is 5.91 Å². The highest BCUT2D eigenvalue weighted by atomic mass is 32.1. The molecule has 1 aromatic heterocycles. The Kier molecular flexibility index (Phi) is 7.26. The molecule has 0 spiro atoms. The van der Waals surface area contributed by atoms with Crippen molar-refractivity contribution in [3.63, 3.8) is 0 Å². The average Bonchev–Trinajstić information content (AvgIpc) is 3.16. The quantitative estimate of drug-likeness (QED) is 0.596. The van der Waals surface area contributed by atoms with Crippen molar-refractivity contribution in [1.29, 1.82) is 0 Å². The van der Waals surface area contributed by atoms with Gasteiger partial charge in [-0.15, -0.1) is 11.3 Å². The minimum absolute atomic E-state index is 0.291. The fourth-order valence-electron chi connectivity index (χ4n) is 3.81. The Labute approximate surface area is 180 Å². The summed E-state index contributed by atoms with van der Waals surface area (Å²) in [5.74, 6) is -3.05. The zero-order valence-electron chi connectivity index (χ0n) is 17.3. The molecule has 0 saturated heterocycles. The van der Waals surface area contributed by atoms with Gasteiger partial charge in [-0.05, 0) is 31.7 Å². The first-order valence-electron chi connectivity index (χ1n) is 10.3. The van der Waals surface area contributed by atoms with Crippen LogP contribution in [-0.2, 0) is 14.3 Å². The Hall–Kier alpha value is -2.67. The molecule has 1 aliphatic carbocycles. The second-order valence-corrected chi connectivity index (χ2v) is 8.56. The van der Waals surface area contributed by atoms with Crippen molar-refractivity contribution < 1.29 is 24.2 Å². The smallest absolute Gasteiger partial charge is 0.341 e. The minimum atomic E-state index is -0.941. The number of carboxylic acid groups (broad SMARTS) is 1. The summed E-state index contributed by atoms with van der Waals surface area (Å²) >= 11 is 1.26. The molecule has 1 heterocycles. The van der Waals surface area contributed by atoms with Crippen LogP contribution in [0.25, 0.3) is 11.1 Å².